The van der Waals surface area contributed by atoms with Crippen molar-refractivity contribution in [3.63, 3.8) is 0 Å². The lowest BCUT2D eigenvalue weighted by Gasteiger charge is -2.37. The van der Waals surface area contributed by atoms with Crippen LogP contribution in [0.15, 0.2) is 48.5 Å². The smallest absolute Gasteiger partial charge is 0.159 e. The van der Waals surface area contributed by atoms with E-state index in [1.807, 2.05) is 55.5 Å². The fourth-order valence-corrected chi connectivity index (χ4v) is 3.66. The number of ketones is 1. The summed E-state index contributed by atoms with van der Waals surface area (Å²) < 4.78 is 5.83. The van der Waals surface area contributed by atoms with Gasteiger partial charge in [-0.1, -0.05) is 23.7 Å². The molecule has 3 rings (SSSR count). The monoisotopic (exact) mass is 416 g/mol. The summed E-state index contributed by atoms with van der Waals surface area (Å²) in [6, 6.07) is 15.4. The van der Waals surface area contributed by atoms with Crippen molar-refractivity contribution in [3.05, 3.63) is 64.7 Å². The molecular weight excluding hydrogens is 388 g/mol. The second-order valence-corrected chi connectivity index (χ2v) is 8.01. The van der Waals surface area contributed by atoms with E-state index >= 15 is 0 Å². The minimum absolute atomic E-state index is 0.0861. The van der Waals surface area contributed by atoms with Crippen LogP contribution in [0.1, 0.15) is 35.9 Å². The molecular formula is C23H29ClN2O3. The van der Waals surface area contributed by atoms with E-state index in [2.05, 4.69) is 9.80 Å². The number of aliphatic hydroxyl groups is 1. The van der Waals surface area contributed by atoms with Gasteiger partial charge in [-0.3, -0.25) is 9.69 Å². The maximum atomic E-state index is 11.4. The predicted molar refractivity (Wildman–Crippen MR) is 117 cm³/mol. The average molecular weight is 417 g/mol. The van der Waals surface area contributed by atoms with Gasteiger partial charge >= 0.3 is 0 Å². The third-order valence-corrected chi connectivity index (χ3v) is 5.61. The van der Waals surface area contributed by atoms with Gasteiger partial charge in [0.2, 0.25) is 0 Å². The summed E-state index contributed by atoms with van der Waals surface area (Å²) in [7, 11) is 0. The predicted octanol–water partition coefficient (Wildman–Crippen LogP) is 3.80. The van der Waals surface area contributed by atoms with Crippen molar-refractivity contribution in [2.75, 3.05) is 44.2 Å². The maximum Gasteiger partial charge on any atom is 0.159 e. The number of aliphatic hydroxyl groups excluding tert-OH is 1. The second-order valence-electron chi connectivity index (χ2n) is 7.57. The molecule has 1 saturated heterocycles. The Morgan fingerprint density at radius 1 is 1.07 bits per heavy atom. The summed E-state index contributed by atoms with van der Waals surface area (Å²) in [4.78, 5) is 16.0. The minimum atomic E-state index is -0.522. The average Bonchev–Trinajstić information content (AvgIpc) is 2.73. The SMILES string of the molecule is CC(=O)c1ccc(N2CCN(C[C@H](O)CO[C@H](C)c3ccc(Cl)cc3)CC2)cc1. The van der Waals surface area contributed by atoms with Crippen LogP contribution in [0.4, 0.5) is 5.69 Å². The number of halogens is 1. The molecule has 156 valence electrons. The molecule has 0 spiro atoms. The van der Waals surface area contributed by atoms with Crippen LogP contribution in [0.5, 0.6) is 0 Å². The second kappa shape index (κ2) is 10.2. The van der Waals surface area contributed by atoms with Crippen LogP contribution < -0.4 is 4.90 Å². The first-order chi connectivity index (χ1) is 13.9. The van der Waals surface area contributed by atoms with Crippen LogP contribution in [-0.4, -0.2) is 61.2 Å². The van der Waals surface area contributed by atoms with Crippen molar-refractivity contribution < 1.29 is 14.6 Å². The van der Waals surface area contributed by atoms with Crippen molar-refractivity contribution in [2.24, 2.45) is 0 Å². The molecule has 0 saturated carbocycles. The molecule has 29 heavy (non-hydrogen) atoms. The van der Waals surface area contributed by atoms with Crippen molar-refractivity contribution in [1.29, 1.82) is 0 Å². The van der Waals surface area contributed by atoms with Crippen molar-refractivity contribution in [1.82, 2.24) is 4.90 Å². The van der Waals surface area contributed by atoms with E-state index in [1.54, 1.807) is 6.92 Å². The summed E-state index contributed by atoms with van der Waals surface area (Å²) in [5.41, 5.74) is 2.92. The van der Waals surface area contributed by atoms with Crippen LogP contribution in [0.3, 0.4) is 0 Å². The molecule has 1 aliphatic heterocycles. The Hall–Kier alpha value is -1.92. The molecule has 6 heteroatoms. The first-order valence-electron chi connectivity index (χ1n) is 10.1. The van der Waals surface area contributed by atoms with Crippen molar-refractivity contribution in [2.45, 2.75) is 26.1 Å². The summed E-state index contributed by atoms with van der Waals surface area (Å²) in [5, 5.41) is 11.1. The van der Waals surface area contributed by atoms with E-state index in [0.717, 1.165) is 43.0 Å². The van der Waals surface area contributed by atoms with Crippen LogP contribution in [0.25, 0.3) is 0 Å². The Morgan fingerprint density at radius 2 is 1.69 bits per heavy atom. The summed E-state index contributed by atoms with van der Waals surface area (Å²) in [6.45, 7) is 8.03. The van der Waals surface area contributed by atoms with E-state index in [9.17, 15) is 9.90 Å². The van der Waals surface area contributed by atoms with Gasteiger partial charge in [-0.2, -0.15) is 0 Å². The molecule has 0 bridgehead atoms. The molecule has 0 amide bonds. The number of nitrogens with zero attached hydrogens (tertiary/aromatic N) is 2. The number of anilines is 1. The molecule has 0 aromatic heterocycles. The molecule has 1 N–H and O–H groups in total. The van der Waals surface area contributed by atoms with Gasteiger partial charge in [0.1, 0.15) is 0 Å². The highest BCUT2D eigenvalue weighted by atomic mass is 35.5. The van der Waals surface area contributed by atoms with E-state index in [0.29, 0.717) is 18.2 Å². The zero-order valence-electron chi connectivity index (χ0n) is 17.1. The highest BCUT2D eigenvalue weighted by Crippen LogP contribution is 2.20. The fourth-order valence-electron chi connectivity index (χ4n) is 3.53. The molecule has 1 aliphatic rings. The van der Waals surface area contributed by atoms with Crippen LogP contribution in [0, 0.1) is 0 Å². The molecule has 1 fully saturated rings. The zero-order valence-corrected chi connectivity index (χ0v) is 17.8. The van der Waals surface area contributed by atoms with Gasteiger partial charge in [-0.05, 0) is 55.8 Å². The van der Waals surface area contributed by atoms with Gasteiger partial charge in [-0.15, -0.1) is 0 Å². The molecule has 2 aromatic carbocycles. The number of hydrogen-bond acceptors (Lipinski definition) is 5. The summed E-state index contributed by atoms with van der Waals surface area (Å²) >= 11 is 5.92. The molecule has 0 unspecified atom stereocenters. The lowest BCUT2D eigenvalue weighted by atomic mass is 10.1. The Balaban J connectivity index is 1.40. The normalized spacial score (nSPS) is 17.2. The first kappa shape index (κ1) is 21.8. The van der Waals surface area contributed by atoms with Crippen LogP contribution in [-0.2, 0) is 4.74 Å². The zero-order chi connectivity index (χ0) is 20.8. The summed E-state index contributed by atoms with van der Waals surface area (Å²) in [6.07, 6.45) is -0.608. The molecule has 2 atom stereocenters. The largest absolute Gasteiger partial charge is 0.389 e. The molecule has 0 radical (unpaired) electrons. The summed E-state index contributed by atoms with van der Waals surface area (Å²) in [5.74, 6) is 0.0861. The Labute approximate surface area is 177 Å². The van der Waals surface area contributed by atoms with Gasteiger partial charge in [0, 0.05) is 49.0 Å². The van der Waals surface area contributed by atoms with Crippen molar-refractivity contribution in [3.8, 4) is 0 Å². The number of ether oxygens (including phenoxy) is 1. The number of benzene rings is 2. The topological polar surface area (TPSA) is 53.0 Å². The standard InChI is InChI=1S/C23H29ClN2O3/c1-17(27)19-5-9-22(10-6-19)26-13-11-25(12-14-26)15-23(28)16-29-18(2)20-3-7-21(24)8-4-20/h3-10,18,23,28H,11-16H2,1-2H3/t18-,23+/m1/s1. The van der Waals surface area contributed by atoms with Gasteiger partial charge in [0.25, 0.3) is 0 Å². The highest BCUT2D eigenvalue weighted by molar-refractivity contribution is 6.30. The first-order valence-corrected chi connectivity index (χ1v) is 10.4. The Morgan fingerprint density at radius 3 is 2.28 bits per heavy atom. The lowest BCUT2D eigenvalue weighted by Crippen LogP contribution is -2.49. The highest BCUT2D eigenvalue weighted by Gasteiger charge is 2.20. The molecule has 1 heterocycles. The fraction of sp³-hybridized carbons (Fsp3) is 0.435. The van der Waals surface area contributed by atoms with Gasteiger partial charge in [0.15, 0.2) is 5.78 Å². The van der Waals surface area contributed by atoms with E-state index in [1.165, 1.54) is 0 Å². The molecule has 0 aliphatic carbocycles. The number of carbonyl (C=O) groups is 1. The Kier molecular flexibility index (Phi) is 7.67. The number of β-amino-alcohol motifs (C(OH)–C–C–N with tert-alkyl or cyclic N) is 1. The van der Waals surface area contributed by atoms with Gasteiger partial charge < -0.3 is 14.7 Å². The third kappa shape index (κ3) is 6.28. The quantitative estimate of drug-likeness (QED) is 0.663. The molecule has 2 aromatic rings. The third-order valence-electron chi connectivity index (χ3n) is 5.36. The van der Waals surface area contributed by atoms with E-state index < -0.39 is 6.10 Å². The van der Waals surface area contributed by atoms with Crippen LogP contribution >= 0.6 is 11.6 Å². The number of hydrogen-bond donors (Lipinski definition) is 1. The lowest BCUT2D eigenvalue weighted by molar-refractivity contribution is -0.0162. The van der Waals surface area contributed by atoms with Crippen molar-refractivity contribution >= 4 is 23.1 Å². The van der Waals surface area contributed by atoms with E-state index in [-0.39, 0.29) is 11.9 Å². The van der Waals surface area contributed by atoms with E-state index in [4.69, 9.17) is 16.3 Å². The minimum Gasteiger partial charge on any atom is -0.389 e. The number of rotatable bonds is 8. The molecule has 5 nitrogen and oxygen atoms in total. The van der Waals surface area contributed by atoms with Gasteiger partial charge in [-0.25, -0.2) is 0 Å². The van der Waals surface area contributed by atoms with Gasteiger partial charge in [0.05, 0.1) is 18.8 Å². The Bertz CT molecular complexity index is 787. The number of carbonyl (C=O) groups excluding carboxylic acids is 1. The number of piperazine rings is 1. The van der Waals surface area contributed by atoms with Crippen LogP contribution in [0.2, 0.25) is 5.02 Å². The maximum absolute atomic E-state index is 11.4. The number of Topliss-reactive ketones (excluding diaryl/α,β-unsaturated/α-hetero) is 1.